The molecular weight excluding hydrogens is 196 g/mol. The third-order valence-electron chi connectivity index (χ3n) is 2.97. The van der Waals surface area contributed by atoms with E-state index in [9.17, 15) is 0 Å². The lowest BCUT2D eigenvalue weighted by Crippen LogP contribution is -2.38. The van der Waals surface area contributed by atoms with Gasteiger partial charge in [-0.05, 0) is 12.8 Å². The summed E-state index contributed by atoms with van der Waals surface area (Å²) in [6, 6.07) is 2.90. The van der Waals surface area contributed by atoms with Crippen molar-refractivity contribution in [2.75, 3.05) is 19.0 Å². The van der Waals surface area contributed by atoms with Crippen LogP contribution in [-0.2, 0) is 0 Å². The Hall–Kier alpha value is -0.260. The molecule has 0 N–H and O–H groups in total. The third-order valence-corrected chi connectivity index (χ3v) is 3.14. The minimum absolute atomic E-state index is 0.632. The molecule has 1 fully saturated rings. The summed E-state index contributed by atoms with van der Waals surface area (Å²) in [6.07, 6.45) is 7.29. The van der Waals surface area contributed by atoms with E-state index in [2.05, 4.69) is 11.0 Å². The SMILES string of the molecule is N#CCCN(CCCl)C1CCCCC1. The van der Waals surface area contributed by atoms with Crippen LogP contribution in [0.5, 0.6) is 0 Å². The van der Waals surface area contributed by atoms with Crippen LogP contribution in [0.4, 0.5) is 0 Å². The fraction of sp³-hybridized carbons (Fsp3) is 0.909. The van der Waals surface area contributed by atoms with Gasteiger partial charge in [0.2, 0.25) is 0 Å². The molecule has 2 nitrogen and oxygen atoms in total. The molecule has 0 radical (unpaired) electrons. The van der Waals surface area contributed by atoms with Gasteiger partial charge in [0, 0.05) is 31.4 Å². The molecule has 1 saturated carbocycles. The van der Waals surface area contributed by atoms with Gasteiger partial charge in [-0.25, -0.2) is 0 Å². The number of halogens is 1. The predicted octanol–water partition coefficient (Wildman–Crippen LogP) is 2.77. The maximum atomic E-state index is 8.57. The summed E-state index contributed by atoms with van der Waals surface area (Å²) in [5.41, 5.74) is 0. The Balaban J connectivity index is 2.35. The zero-order chi connectivity index (χ0) is 10.2. The summed E-state index contributed by atoms with van der Waals surface area (Å²) in [5.74, 6) is 0.682. The van der Waals surface area contributed by atoms with Crippen LogP contribution < -0.4 is 0 Å². The number of nitriles is 1. The molecule has 14 heavy (non-hydrogen) atoms. The Morgan fingerprint density at radius 3 is 2.50 bits per heavy atom. The number of hydrogen-bond acceptors (Lipinski definition) is 2. The average Bonchev–Trinajstić information content (AvgIpc) is 2.25. The summed E-state index contributed by atoms with van der Waals surface area (Å²) in [5, 5.41) is 8.57. The van der Waals surface area contributed by atoms with Gasteiger partial charge in [0.25, 0.3) is 0 Å². The molecule has 0 aromatic heterocycles. The van der Waals surface area contributed by atoms with Crippen molar-refractivity contribution < 1.29 is 0 Å². The number of nitrogens with zero attached hydrogens (tertiary/aromatic N) is 2. The second-order valence-corrected chi connectivity index (χ2v) is 4.30. The van der Waals surface area contributed by atoms with Gasteiger partial charge in [-0.15, -0.1) is 11.6 Å². The van der Waals surface area contributed by atoms with E-state index in [1.807, 2.05) is 0 Å². The van der Waals surface area contributed by atoms with Crippen molar-refractivity contribution in [1.82, 2.24) is 4.90 Å². The minimum Gasteiger partial charge on any atom is -0.298 e. The van der Waals surface area contributed by atoms with Gasteiger partial charge in [0.1, 0.15) is 0 Å². The molecule has 0 aromatic carbocycles. The van der Waals surface area contributed by atoms with Crippen LogP contribution in [-0.4, -0.2) is 29.9 Å². The maximum Gasteiger partial charge on any atom is 0.0635 e. The second-order valence-electron chi connectivity index (χ2n) is 3.92. The number of rotatable bonds is 5. The highest BCUT2D eigenvalue weighted by Crippen LogP contribution is 2.22. The van der Waals surface area contributed by atoms with Gasteiger partial charge in [-0.3, -0.25) is 4.90 Å². The van der Waals surface area contributed by atoms with Crippen LogP contribution >= 0.6 is 11.6 Å². The van der Waals surface area contributed by atoms with Crippen molar-refractivity contribution in [1.29, 1.82) is 5.26 Å². The predicted molar refractivity (Wildman–Crippen MR) is 59.4 cm³/mol. The summed E-state index contributed by atoms with van der Waals surface area (Å²) in [6.45, 7) is 1.84. The highest BCUT2D eigenvalue weighted by molar-refractivity contribution is 6.18. The van der Waals surface area contributed by atoms with E-state index >= 15 is 0 Å². The lowest BCUT2D eigenvalue weighted by molar-refractivity contribution is 0.168. The molecule has 80 valence electrons. The highest BCUT2D eigenvalue weighted by Gasteiger charge is 2.19. The van der Waals surface area contributed by atoms with E-state index < -0.39 is 0 Å². The van der Waals surface area contributed by atoms with Gasteiger partial charge >= 0.3 is 0 Å². The second kappa shape index (κ2) is 7.09. The zero-order valence-corrected chi connectivity index (χ0v) is 9.47. The minimum atomic E-state index is 0.632. The Morgan fingerprint density at radius 1 is 1.21 bits per heavy atom. The molecule has 0 saturated heterocycles. The summed E-state index contributed by atoms with van der Waals surface area (Å²) < 4.78 is 0. The third kappa shape index (κ3) is 3.86. The summed E-state index contributed by atoms with van der Waals surface area (Å²) in [7, 11) is 0. The van der Waals surface area contributed by atoms with Gasteiger partial charge in [-0.1, -0.05) is 19.3 Å². The normalized spacial score (nSPS) is 18.4. The largest absolute Gasteiger partial charge is 0.298 e. The van der Waals surface area contributed by atoms with Gasteiger partial charge < -0.3 is 0 Å². The molecule has 1 rings (SSSR count). The lowest BCUT2D eigenvalue weighted by atomic mass is 9.94. The number of hydrogen-bond donors (Lipinski definition) is 0. The monoisotopic (exact) mass is 214 g/mol. The molecule has 0 amide bonds. The first kappa shape index (κ1) is 11.8. The van der Waals surface area contributed by atoms with Crippen molar-refractivity contribution in [3.05, 3.63) is 0 Å². The van der Waals surface area contributed by atoms with Crippen molar-refractivity contribution in [3.63, 3.8) is 0 Å². The fourth-order valence-corrected chi connectivity index (χ4v) is 2.44. The molecular formula is C11H19ClN2. The maximum absolute atomic E-state index is 8.57. The van der Waals surface area contributed by atoms with E-state index in [1.165, 1.54) is 32.1 Å². The summed E-state index contributed by atoms with van der Waals surface area (Å²) in [4.78, 5) is 2.40. The Kier molecular flexibility index (Phi) is 5.98. The van der Waals surface area contributed by atoms with E-state index in [4.69, 9.17) is 16.9 Å². The van der Waals surface area contributed by atoms with Crippen molar-refractivity contribution in [3.8, 4) is 6.07 Å². The summed E-state index contributed by atoms with van der Waals surface area (Å²) >= 11 is 5.77. The standard InChI is InChI=1S/C11H19ClN2/c12-7-10-14(9-4-8-13)11-5-2-1-3-6-11/h11H,1-7,9-10H2. The van der Waals surface area contributed by atoms with E-state index in [1.54, 1.807) is 0 Å². The lowest BCUT2D eigenvalue weighted by Gasteiger charge is -2.33. The highest BCUT2D eigenvalue weighted by atomic mass is 35.5. The number of alkyl halides is 1. The first-order valence-electron chi connectivity index (χ1n) is 5.55. The van der Waals surface area contributed by atoms with Crippen LogP contribution in [0.15, 0.2) is 0 Å². The molecule has 0 heterocycles. The van der Waals surface area contributed by atoms with Gasteiger partial charge in [0.05, 0.1) is 6.07 Å². The molecule has 0 spiro atoms. The van der Waals surface area contributed by atoms with E-state index in [0.717, 1.165) is 13.1 Å². The molecule has 0 bridgehead atoms. The first-order valence-corrected chi connectivity index (χ1v) is 6.09. The van der Waals surface area contributed by atoms with Crippen LogP contribution in [0.25, 0.3) is 0 Å². The molecule has 0 aliphatic heterocycles. The van der Waals surface area contributed by atoms with Crippen LogP contribution in [0, 0.1) is 11.3 Å². The van der Waals surface area contributed by atoms with Crippen molar-refractivity contribution >= 4 is 11.6 Å². The van der Waals surface area contributed by atoms with E-state index in [0.29, 0.717) is 18.3 Å². The Bertz CT molecular complexity index is 182. The quantitative estimate of drug-likeness (QED) is 0.659. The molecule has 1 aliphatic carbocycles. The average molecular weight is 215 g/mol. The van der Waals surface area contributed by atoms with Gasteiger partial charge in [-0.2, -0.15) is 5.26 Å². The van der Waals surface area contributed by atoms with Crippen LogP contribution in [0.2, 0.25) is 0 Å². The zero-order valence-electron chi connectivity index (χ0n) is 8.71. The van der Waals surface area contributed by atoms with E-state index in [-0.39, 0.29) is 0 Å². The molecule has 0 atom stereocenters. The molecule has 0 unspecified atom stereocenters. The Morgan fingerprint density at radius 2 is 1.93 bits per heavy atom. The fourth-order valence-electron chi connectivity index (χ4n) is 2.23. The Labute approximate surface area is 91.8 Å². The molecule has 3 heteroatoms. The molecule has 0 aromatic rings. The first-order chi connectivity index (χ1) is 6.88. The van der Waals surface area contributed by atoms with Crippen molar-refractivity contribution in [2.24, 2.45) is 0 Å². The van der Waals surface area contributed by atoms with Crippen LogP contribution in [0.3, 0.4) is 0 Å². The topological polar surface area (TPSA) is 27.0 Å². The van der Waals surface area contributed by atoms with Crippen molar-refractivity contribution in [2.45, 2.75) is 44.6 Å². The van der Waals surface area contributed by atoms with Crippen LogP contribution in [0.1, 0.15) is 38.5 Å². The van der Waals surface area contributed by atoms with Gasteiger partial charge in [0.15, 0.2) is 0 Å². The molecule has 1 aliphatic rings. The smallest absolute Gasteiger partial charge is 0.0635 e.